The van der Waals surface area contributed by atoms with Crippen molar-refractivity contribution in [2.75, 3.05) is 18.6 Å². The second-order valence-electron chi connectivity index (χ2n) is 3.43. The van der Waals surface area contributed by atoms with Crippen molar-refractivity contribution >= 4 is 23.5 Å². The lowest BCUT2D eigenvalue weighted by molar-refractivity contribution is -0.403. The van der Waals surface area contributed by atoms with Crippen molar-refractivity contribution in [2.24, 2.45) is 0 Å². The maximum absolute atomic E-state index is 10.3. The number of hydrogen-bond acceptors (Lipinski definition) is 7. The summed E-state index contributed by atoms with van der Waals surface area (Å²) in [6.45, 7) is 0.624. The Morgan fingerprint density at radius 3 is 3.11 bits per heavy atom. The van der Waals surface area contributed by atoms with Crippen LogP contribution in [0.25, 0.3) is 0 Å². The van der Waals surface area contributed by atoms with Crippen LogP contribution in [-0.2, 0) is 5.75 Å². The summed E-state index contributed by atoms with van der Waals surface area (Å²) >= 11 is 2.90. The molecule has 0 unspecified atom stereocenters. The molecule has 0 saturated carbocycles. The van der Waals surface area contributed by atoms with Crippen molar-refractivity contribution in [3.63, 3.8) is 0 Å². The summed E-state index contributed by atoms with van der Waals surface area (Å²) in [5, 5.41) is 23.3. The first-order chi connectivity index (χ1) is 9.13. The highest BCUT2D eigenvalue weighted by molar-refractivity contribution is 8.02. The molecule has 8 heteroatoms. The van der Waals surface area contributed by atoms with Crippen LogP contribution < -0.4 is 5.32 Å². The zero-order chi connectivity index (χ0) is 14.1. The van der Waals surface area contributed by atoms with Gasteiger partial charge in [-0.05, 0) is 18.4 Å². The third kappa shape index (κ3) is 6.35. The highest BCUT2D eigenvalue weighted by Gasteiger charge is 2.02. The standard InChI is InChI=1S/C11H15N3O3S2/c1-18-11(7-14(16)17)13-5-6-19-8-9-10(15)3-2-4-12-9/h2-4,7,13,15H,5-6,8H2,1H3. The number of rotatable bonds is 8. The van der Waals surface area contributed by atoms with Crippen molar-refractivity contribution < 1.29 is 10.0 Å². The fourth-order valence-corrected chi connectivity index (χ4v) is 2.47. The van der Waals surface area contributed by atoms with Gasteiger partial charge in [-0.25, -0.2) is 0 Å². The summed E-state index contributed by atoms with van der Waals surface area (Å²) in [5.41, 5.74) is 0.651. The molecular formula is C11H15N3O3S2. The van der Waals surface area contributed by atoms with Crippen molar-refractivity contribution in [3.8, 4) is 5.75 Å². The first-order valence-electron chi connectivity index (χ1n) is 5.47. The van der Waals surface area contributed by atoms with Gasteiger partial charge in [-0.3, -0.25) is 15.1 Å². The maximum Gasteiger partial charge on any atom is 0.263 e. The topological polar surface area (TPSA) is 88.3 Å². The molecule has 2 N–H and O–H groups in total. The Balaban J connectivity index is 2.25. The summed E-state index contributed by atoms with van der Waals surface area (Å²) in [6.07, 6.45) is 4.38. The van der Waals surface area contributed by atoms with E-state index in [0.29, 0.717) is 23.0 Å². The van der Waals surface area contributed by atoms with Crippen LogP contribution in [0, 0.1) is 10.1 Å². The third-order valence-electron chi connectivity index (χ3n) is 2.09. The third-order valence-corrected chi connectivity index (χ3v) is 3.75. The van der Waals surface area contributed by atoms with E-state index < -0.39 is 4.92 Å². The molecule has 0 fully saturated rings. The quantitative estimate of drug-likeness (QED) is 0.431. The fourth-order valence-electron chi connectivity index (χ4n) is 1.22. The van der Waals surface area contributed by atoms with Crippen LogP contribution in [0.2, 0.25) is 0 Å². The molecule has 1 aromatic heterocycles. The van der Waals surface area contributed by atoms with Gasteiger partial charge in [0.05, 0.1) is 10.6 Å². The molecule has 0 aliphatic rings. The van der Waals surface area contributed by atoms with Crippen LogP contribution >= 0.6 is 23.5 Å². The molecule has 0 aliphatic heterocycles. The van der Waals surface area contributed by atoms with Gasteiger partial charge in [0.2, 0.25) is 0 Å². The van der Waals surface area contributed by atoms with Crippen LogP contribution in [0.15, 0.2) is 29.6 Å². The number of nitrogens with one attached hydrogen (secondary N) is 1. The molecule has 0 aliphatic carbocycles. The lowest BCUT2D eigenvalue weighted by Gasteiger charge is -2.06. The van der Waals surface area contributed by atoms with E-state index >= 15 is 0 Å². The molecule has 0 amide bonds. The fraction of sp³-hybridized carbons (Fsp3) is 0.364. The highest BCUT2D eigenvalue weighted by Crippen LogP contribution is 2.18. The van der Waals surface area contributed by atoms with E-state index in [9.17, 15) is 15.2 Å². The van der Waals surface area contributed by atoms with E-state index in [1.54, 1.807) is 36.3 Å². The number of nitro groups is 1. The summed E-state index contributed by atoms with van der Waals surface area (Å²) in [6, 6.07) is 3.28. The first-order valence-corrected chi connectivity index (χ1v) is 7.85. The Morgan fingerprint density at radius 1 is 1.68 bits per heavy atom. The first kappa shape index (κ1) is 15.6. The summed E-state index contributed by atoms with van der Waals surface area (Å²) in [4.78, 5) is 13.9. The predicted octanol–water partition coefficient (Wildman–Crippen LogP) is 2.05. The Hall–Kier alpha value is -1.41. The number of hydrogen-bond donors (Lipinski definition) is 2. The van der Waals surface area contributed by atoms with Gasteiger partial charge in [-0.1, -0.05) is 0 Å². The summed E-state index contributed by atoms with van der Waals surface area (Å²) in [5.74, 6) is 1.58. The van der Waals surface area contributed by atoms with Crippen LogP contribution in [0.1, 0.15) is 5.69 Å². The summed E-state index contributed by atoms with van der Waals surface area (Å²) < 4.78 is 0. The molecule has 0 saturated heterocycles. The zero-order valence-corrected chi connectivity index (χ0v) is 12.0. The molecule has 0 atom stereocenters. The molecule has 0 radical (unpaired) electrons. The molecule has 19 heavy (non-hydrogen) atoms. The van der Waals surface area contributed by atoms with Crippen molar-refractivity contribution in [2.45, 2.75) is 5.75 Å². The Labute approximate surface area is 119 Å². The van der Waals surface area contributed by atoms with Gasteiger partial charge in [0, 0.05) is 24.2 Å². The highest BCUT2D eigenvalue weighted by atomic mass is 32.2. The van der Waals surface area contributed by atoms with Crippen LogP contribution in [0.5, 0.6) is 5.75 Å². The lowest BCUT2D eigenvalue weighted by atomic mass is 10.3. The molecule has 104 valence electrons. The number of pyridine rings is 1. The van der Waals surface area contributed by atoms with Crippen LogP contribution in [0.3, 0.4) is 0 Å². The minimum absolute atomic E-state index is 0.195. The van der Waals surface area contributed by atoms with Crippen LogP contribution in [-0.4, -0.2) is 33.6 Å². The second-order valence-corrected chi connectivity index (χ2v) is 5.38. The van der Waals surface area contributed by atoms with E-state index in [0.717, 1.165) is 12.0 Å². The van der Waals surface area contributed by atoms with Crippen molar-refractivity contribution in [3.05, 3.63) is 45.4 Å². The summed E-state index contributed by atoms with van der Waals surface area (Å²) in [7, 11) is 0. The molecule has 6 nitrogen and oxygen atoms in total. The number of aromatic nitrogens is 1. The smallest absolute Gasteiger partial charge is 0.263 e. The normalized spacial score (nSPS) is 11.3. The Kier molecular flexibility index (Phi) is 7.12. The molecule has 1 aromatic rings. The number of nitrogens with zero attached hydrogens (tertiary/aromatic N) is 2. The molecule has 0 bridgehead atoms. The van der Waals surface area contributed by atoms with Gasteiger partial charge in [0.25, 0.3) is 6.20 Å². The van der Waals surface area contributed by atoms with Gasteiger partial charge < -0.3 is 10.4 Å². The van der Waals surface area contributed by atoms with E-state index in [1.807, 2.05) is 0 Å². The minimum atomic E-state index is -0.474. The predicted molar refractivity (Wildman–Crippen MR) is 78.7 cm³/mol. The number of aromatic hydroxyl groups is 1. The molecule has 1 rings (SSSR count). The average Bonchev–Trinajstić information content (AvgIpc) is 2.38. The molecule has 0 aromatic carbocycles. The van der Waals surface area contributed by atoms with E-state index in [-0.39, 0.29) is 5.75 Å². The maximum atomic E-state index is 10.3. The van der Waals surface area contributed by atoms with Gasteiger partial charge >= 0.3 is 0 Å². The van der Waals surface area contributed by atoms with Crippen LogP contribution in [0.4, 0.5) is 0 Å². The Morgan fingerprint density at radius 2 is 2.47 bits per heavy atom. The van der Waals surface area contributed by atoms with Gasteiger partial charge in [0.1, 0.15) is 10.8 Å². The average molecular weight is 301 g/mol. The monoisotopic (exact) mass is 301 g/mol. The Bertz CT molecular complexity index is 455. The van der Waals surface area contributed by atoms with E-state index in [4.69, 9.17) is 0 Å². The van der Waals surface area contributed by atoms with Gasteiger partial charge in [-0.2, -0.15) is 11.8 Å². The molecule has 0 spiro atoms. The molecular weight excluding hydrogens is 286 g/mol. The van der Waals surface area contributed by atoms with Gasteiger partial charge in [0.15, 0.2) is 0 Å². The van der Waals surface area contributed by atoms with Crippen molar-refractivity contribution in [1.82, 2.24) is 10.3 Å². The number of thioether (sulfide) groups is 2. The van der Waals surface area contributed by atoms with E-state index in [1.165, 1.54) is 11.8 Å². The lowest BCUT2D eigenvalue weighted by Crippen LogP contribution is -2.15. The SMILES string of the molecule is CSC(=C[N+](=O)[O-])NCCSCc1ncccc1O. The molecule has 1 heterocycles. The minimum Gasteiger partial charge on any atom is -0.506 e. The van der Waals surface area contributed by atoms with Gasteiger partial charge in [-0.15, -0.1) is 11.8 Å². The largest absolute Gasteiger partial charge is 0.506 e. The second kappa shape index (κ2) is 8.65. The van der Waals surface area contributed by atoms with E-state index in [2.05, 4.69) is 10.3 Å². The van der Waals surface area contributed by atoms with Crippen molar-refractivity contribution in [1.29, 1.82) is 0 Å². The zero-order valence-electron chi connectivity index (χ0n) is 10.4.